The van der Waals surface area contributed by atoms with Crippen molar-refractivity contribution in [2.45, 2.75) is 32.7 Å². The van der Waals surface area contributed by atoms with Crippen LogP contribution in [-0.4, -0.2) is 38.0 Å². The highest BCUT2D eigenvalue weighted by atomic mass is 79.9. The van der Waals surface area contributed by atoms with Gasteiger partial charge in [0, 0.05) is 46.5 Å². The van der Waals surface area contributed by atoms with Crippen LogP contribution in [0.4, 0.5) is 5.69 Å². The van der Waals surface area contributed by atoms with Gasteiger partial charge in [-0.1, -0.05) is 41.4 Å². The van der Waals surface area contributed by atoms with Crippen LogP contribution >= 0.6 is 27.5 Å². The molecule has 136 valence electrons. The van der Waals surface area contributed by atoms with Crippen LogP contribution in [0.3, 0.4) is 0 Å². The zero-order valence-electron chi connectivity index (χ0n) is 14.8. The van der Waals surface area contributed by atoms with Gasteiger partial charge in [0.05, 0.1) is 5.75 Å². The molecule has 2 aromatic rings. The van der Waals surface area contributed by atoms with Crippen molar-refractivity contribution in [3.05, 3.63) is 33.5 Å². The minimum Gasteiger partial charge on any atom is -0.367 e. The van der Waals surface area contributed by atoms with Gasteiger partial charge in [-0.25, -0.2) is 13.4 Å². The maximum Gasteiger partial charge on any atom is 0.147 e. The van der Waals surface area contributed by atoms with E-state index in [1.807, 2.05) is 12.3 Å². The second-order valence-electron chi connectivity index (χ2n) is 7.24. The molecule has 0 bridgehead atoms. The minimum absolute atomic E-state index is 0.161. The van der Waals surface area contributed by atoms with Crippen molar-refractivity contribution in [3.63, 3.8) is 0 Å². The summed E-state index contributed by atoms with van der Waals surface area (Å²) < 4.78 is 24.2. The molecule has 7 heteroatoms. The largest absolute Gasteiger partial charge is 0.367 e. The fourth-order valence-corrected chi connectivity index (χ4v) is 5.88. The predicted molar refractivity (Wildman–Crippen MR) is 109 cm³/mol. The molecule has 0 spiro atoms. The Morgan fingerprint density at radius 3 is 2.60 bits per heavy atom. The standard InChI is InChI=1S/C18H22BrClN2O2S/c1-10(2)18-13-5-17(20)21-7-14(13)16(6-15(18)19)22-8-12(11(22)3)9-25(4,23)24/h5-7,10-12H,8-9H2,1-4H3/t11-,12-/m1/s1. The quantitative estimate of drug-likeness (QED) is 0.643. The Labute approximate surface area is 162 Å². The van der Waals surface area contributed by atoms with Gasteiger partial charge in [-0.05, 0) is 35.9 Å². The average Bonchev–Trinajstić information content (AvgIpc) is 2.48. The summed E-state index contributed by atoms with van der Waals surface area (Å²) in [6, 6.07) is 4.21. The third-order valence-electron chi connectivity index (χ3n) is 4.97. The van der Waals surface area contributed by atoms with Gasteiger partial charge in [-0.2, -0.15) is 0 Å². The molecule has 2 heterocycles. The lowest BCUT2D eigenvalue weighted by molar-refractivity contribution is 0.342. The lowest BCUT2D eigenvalue weighted by atomic mass is 9.89. The highest BCUT2D eigenvalue weighted by molar-refractivity contribution is 9.10. The molecule has 0 aliphatic carbocycles. The van der Waals surface area contributed by atoms with Crippen LogP contribution in [0.25, 0.3) is 10.8 Å². The fraction of sp³-hybridized carbons (Fsp3) is 0.500. The van der Waals surface area contributed by atoms with Crippen LogP contribution in [0.5, 0.6) is 0 Å². The van der Waals surface area contributed by atoms with Crippen LogP contribution in [-0.2, 0) is 9.84 Å². The molecule has 0 amide bonds. The molecule has 25 heavy (non-hydrogen) atoms. The molecule has 0 radical (unpaired) electrons. The Morgan fingerprint density at radius 2 is 2.04 bits per heavy atom. The first-order chi connectivity index (χ1) is 11.6. The van der Waals surface area contributed by atoms with Crippen molar-refractivity contribution in [2.24, 2.45) is 5.92 Å². The SMILES string of the molecule is CC(C)c1c(Br)cc(N2C[C@H](CS(C)(=O)=O)[C@H]2C)c2cnc(Cl)cc12. The first kappa shape index (κ1) is 18.9. The first-order valence-corrected chi connectivity index (χ1v) is 11.5. The molecule has 0 unspecified atom stereocenters. The number of pyridine rings is 1. The summed E-state index contributed by atoms with van der Waals surface area (Å²) in [4.78, 5) is 6.52. The molecule has 1 aliphatic heterocycles. The Kier molecular flexibility index (Phi) is 5.08. The van der Waals surface area contributed by atoms with Crippen LogP contribution in [0.15, 0.2) is 22.8 Å². The molecular weight excluding hydrogens is 424 g/mol. The second-order valence-corrected chi connectivity index (χ2v) is 10.7. The molecular formula is C18H22BrClN2O2S. The van der Waals surface area contributed by atoms with E-state index in [4.69, 9.17) is 11.6 Å². The molecule has 3 rings (SSSR count). The van der Waals surface area contributed by atoms with Crippen LogP contribution in [0.1, 0.15) is 32.3 Å². The number of nitrogens with zero attached hydrogens (tertiary/aromatic N) is 2. The van der Waals surface area contributed by atoms with E-state index in [-0.39, 0.29) is 17.7 Å². The van der Waals surface area contributed by atoms with E-state index in [2.05, 4.69) is 52.7 Å². The van der Waals surface area contributed by atoms with Gasteiger partial charge in [-0.15, -0.1) is 0 Å². The summed E-state index contributed by atoms with van der Waals surface area (Å²) in [6.07, 6.45) is 3.12. The van der Waals surface area contributed by atoms with Crippen molar-refractivity contribution in [3.8, 4) is 0 Å². The number of hydrogen-bond acceptors (Lipinski definition) is 4. The smallest absolute Gasteiger partial charge is 0.147 e. The molecule has 1 aromatic heterocycles. The zero-order chi connectivity index (χ0) is 18.5. The number of sulfone groups is 1. The van der Waals surface area contributed by atoms with E-state index in [1.54, 1.807) is 0 Å². The maximum absolute atomic E-state index is 11.6. The van der Waals surface area contributed by atoms with Crippen LogP contribution < -0.4 is 4.90 Å². The summed E-state index contributed by atoms with van der Waals surface area (Å²) in [5.74, 6) is 0.739. The molecule has 0 N–H and O–H groups in total. The summed E-state index contributed by atoms with van der Waals surface area (Å²) >= 11 is 9.86. The molecule has 2 atom stereocenters. The third kappa shape index (κ3) is 3.67. The molecule has 1 saturated heterocycles. The average molecular weight is 446 g/mol. The van der Waals surface area contributed by atoms with Crippen molar-refractivity contribution >= 4 is 53.8 Å². The van der Waals surface area contributed by atoms with Gasteiger partial charge in [0.15, 0.2) is 0 Å². The van der Waals surface area contributed by atoms with Crippen molar-refractivity contribution in [1.82, 2.24) is 4.98 Å². The van der Waals surface area contributed by atoms with E-state index in [9.17, 15) is 8.42 Å². The van der Waals surface area contributed by atoms with Gasteiger partial charge in [-0.3, -0.25) is 0 Å². The summed E-state index contributed by atoms with van der Waals surface area (Å²) in [5, 5.41) is 2.63. The zero-order valence-corrected chi connectivity index (χ0v) is 17.9. The topological polar surface area (TPSA) is 50.3 Å². The summed E-state index contributed by atoms with van der Waals surface area (Å²) in [6.45, 7) is 7.13. The van der Waals surface area contributed by atoms with Gasteiger partial charge in [0.25, 0.3) is 0 Å². The fourth-order valence-electron chi connectivity index (χ4n) is 3.67. The van der Waals surface area contributed by atoms with E-state index in [0.717, 1.165) is 27.5 Å². The Hall–Kier alpha value is -0.850. The number of rotatable bonds is 4. The third-order valence-corrected chi connectivity index (χ3v) is 6.86. The van der Waals surface area contributed by atoms with Gasteiger partial charge in [0.2, 0.25) is 0 Å². The predicted octanol–water partition coefficient (Wildman–Crippen LogP) is 4.64. The number of halogens is 2. The van der Waals surface area contributed by atoms with E-state index in [1.165, 1.54) is 11.8 Å². The van der Waals surface area contributed by atoms with Crippen molar-refractivity contribution in [2.75, 3.05) is 23.5 Å². The molecule has 1 aromatic carbocycles. The summed E-state index contributed by atoms with van der Waals surface area (Å²) in [5.41, 5.74) is 2.29. The molecule has 1 fully saturated rings. The summed E-state index contributed by atoms with van der Waals surface area (Å²) in [7, 11) is -2.96. The van der Waals surface area contributed by atoms with E-state index < -0.39 is 9.84 Å². The number of hydrogen-bond donors (Lipinski definition) is 0. The monoisotopic (exact) mass is 444 g/mol. The highest BCUT2D eigenvalue weighted by Crippen LogP contribution is 2.42. The van der Waals surface area contributed by atoms with Gasteiger partial charge < -0.3 is 4.90 Å². The van der Waals surface area contributed by atoms with E-state index in [0.29, 0.717) is 11.1 Å². The van der Waals surface area contributed by atoms with Crippen molar-refractivity contribution < 1.29 is 8.42 Å². The molecule has 1 aliphatic rings. The number of fused-ring (bicyclic) bond motifs is 1. The van der Waals surface area contributed by atoms with Crippen LogP contribution in [0.2, 0.25) is 5.15 Å². The lowest BCUT2D eigenvalue weighted by Crippen LogP contribution is -2.57. The Balaban J connectivity index is 2.06. The normalized spacial score (nSPS) is 21.0. The number of aromatic nitrogens is 1. The number of anilines is 1. The minimum atomic E-state index is -2.96. The van der Waals surface area contributed by atoms with Gasteiger partial charge in [0.1, 0.15) is 15.0 Å². The molecule has 0 saturated carbocycles. The molecule has 4 nitrogen and oxygen atoms in total. The van der Waals surface area contributed by atoms with Crippen LogP contribution in [0, 0.1) is 5.92 Å². The van der Waals surface area contributed by atoms with Crippen molar-refractivity contribution in [1.29, 1.82) is 0 Å². The number of benzene rings is 1. The maximum atomic E-state index is 11.6. The Morgan fingerprint density at radius 1 is 1.36 bits per heavy atom. The van der Waals surface area contributed by atoms with E-state index >= 15 is 0 Å². The highest BCUT2D eigenvalue weighted by Gasteiger charge is 2.38. The first-order valence-electron chi connectivity index (χ1n) is 8.30. The second kappa shape index (κ2) is 6.71. The van der Waals surface area contributed by atoms with Gasteiger partial charge >= 0.3 is 0 Å². The lowest BCUT2D eigenvalue weighted by Gasteiger charge is -2.48. The Bertz CT molecular complexity index is 930.